The number of rotatable bonds is 7. The Kier molecular flexibility index (Phi) is 6.46. The minimum atomic E-state index is -0.952. The first-order chi connectivity index (χ1) is 9.31. The monoisotopic (exact) mass is 285 g/mol. The molecule has 1 rings (SSSR count). The van der Waals surface area contributed by atoms with Gasteiger partial charge in [0.25, 0.3) is 0 Å². The summed E-state index contributed by atoms with van der Waals surface area (Å²) in [6, 6.07) is -0.587. The Bertz CT molecular complexity index is 343. The second-order valence-electron chi connectivity index (χ2n) is 6.42. The molecule has 5 heteroatoms. The molecule has 116 valence electrons. The number of carbonyl (C=O) groups is 2. The van der Waals surface area contributed by atoms with Crippen LogP contribution in [0, 0.1) is 17.8 Å². The molecule has 0 aromatic carbocycles. The SMILES string of the molecule is CC1CCC(C(C)C)C(NC(CCC(=O)O)C(=O)O)C1. The van der Waals surface area contributed by atoms with E-state index in [1.807, 2.05) is 0 Å². The molecule has 0 amide bonds. The first kappa shape index (κ1) is 17.0. The topological polar surface area (TPSA) is 86.6 Å². The van der Waals surface area contributed by atoms with E-state index in [0.29, 0.717) is 17.8 Å². The van der Waals surface area contributed by atoms with Gasteiger partial charge in [-0.25, -0.2) is 0 Å². The molecule has 0 saturated heterocycles. The van der Waals surface area contributed by atoms with E-state index in [-0.39, 0.29) is 18.9 Å². The van der Waals surface area contributed by atoms with Crippen molar-refractivity contribution in [1.29, 1.82) is 0 Å². The van der Waals surface area contributed by atoms with Gasteiger partial charge in [0.15, 0.2) is 0 Å². The van der Waals surface area contributed by atoms with E-state index >= 15 is 0 Å². The Morgan fingerprint density at radius 2 is 1.90 bits per heavy atom. The zero-order valence-electron chi connectivity index (χ0n) is 12.6. The molecule has 0 radical (unpaired) electrons. The quantitative estimate of drug-likeness (QED) is 0.668. The molecule has 0 aliphatic heterocycles. The molecule has 4 unspecified atom stereocenters. The molecule has 0 aromatic rings. The molecule has 0 bridgehead atoms. The van der Waals surface area contributed by atoms with Crippen molar-refractivity contribution in [3.05, 3.63) is 0 Å². The van der Waals surface area contributed by atoms with Crippen LogP contribution in [0.2, 0.25) is 0 Å². The highest BCUT2D eigenvalue weighted by atomic mass is 16.4. The molecule has 0 aromatic heterocycles. The molecule has 0 heterocycles. The van der Waals surface area contributed by atoms with Gasteiger partial charge in [0.05, 0.1) is 0 Å². The smallest absolute Gasteiger partial charge is 0.320 e. The summed E-state index contributed by atoms with van der Waals surface area (Å²) in [5, 5.41) is 21.2. The zero-order valence-corrected chi connectivity index (χ0v) is 12.6. The standard InChI is InChI=1S/C15H27NO4/c1-9(2)11-5-4-10(3)8-13(11)16-12(15(19)20)6-7-14(17)18/h9-13,16H,4-8H2,1-3H3,(H,17,18)(H,19,20). The van der Waals surface area contributed by atoms with Crippen molar-refractivity contribution in [1.82, 2.24) is 5.32 Å². The van der Waals surface area contributed by atoms with Crippen molar-refractivity contribution in [2.24, 2.45) is 17.8 Å². The van der Waals surface area contributed by atoms with E-state index in [1.165, 1.54) is 6.42 Å². The maximum atomic E-state index is 11.3. The minimum Gasteiger partial charge on any atom is -0.481 e. The van der Waals surface area contributed by atoms with Crippen LogP contribution in [-0.2, 0) is 9.59 Å². The van der Waals surface area contributed by atoms with E-state index in [1.54, 1.807) is 0 Å². The summed E-state index contributed by atoms with van der Waals surface area (Å²) in [4.78, 5) is 21.9. The van der Waals surface area contributed by atoms with Gasteiger partial charge in [0, 0.05) is 12.5 Å². The number of hydrogen-bond donors (Lipinski definition) is 3. The average molecular weight is 285 g/mol. The number of carboxylic acid groups (broad SMARTS) is 2. The normalized spacial score (nSPS) is 28.3. The van der Waals surface area contributed by atoms with Crippen molar-refractivity contribution < 1.29 is 19.8 Å². The Hall–Kier alpha value is -1.10. The average Bonchev–Trinajstić information content (AvgIpc) is 2.33. The maximum absolute atomic E-state index is 11.3. The lowest BCUT2D eigenvalue weighted by Crippen LogP contribution is -2.50. The fraction of sp³-hybridized carbons (Fsp3) is 0.867. The van der Waals surface area contributed by atoms with Crippen LogP contribution in [0.15, 0.2) is 0 Å². The highest BCUT2D eigenvalue weighted by Crippen LogP contribution is 2.33. The molecule has 20 heavy (non-hydrogen) atoms. The molecule has 1 aliphatic carbocycles. The van der Waals surface area contributed by atoms with Crippen LogP contribution in [0.25, 0.3) is 0 Å². The van der Waals surface area contributed by atoms with E-state index < -0.39 is 18.0 Å². The summed E-state index contributed by atoms with van der Waals surface area (Å²) in [6.07, 6.45) is 3.30. The summed E-state index contributed by atoms with van der Waals surface area (Å²) in [5.41, 5.74) is 0. The predicted molar refractivity (Wildman–Crippen MR) is 76.6 cm³/mol. The number of aliphatic carboxylic acids is 2. The van der Waals surface area contributed by atoms with Crippen LogP contribution < -0.4 is 5.32 Å². The van der Waals surface area contributed by atoms with Gasteiger partial charge in [-0.05, 0) is 37.0 Å². The summed E-state index contributed by atoms with van der Waals surface area (Å²) in [5.74, 6) is -0.328. The first-order valence-corrected chi connectivity index (χ1v) is 7.51. The second-order valence-corrected chi connectivity index (χ2v) is 6.42. The number of carboxylic acids is 2. The zero-order chi connectivity index (χ0) is 15.3. The van der Waals surface area contributed by atoms with E-state index in [9.17, 15) is 14.7 Å². The predicted octanol–water partition coefficient (Wildman–Crippen LogP) is 2.35. The molecule has 1 saturated carbocycles. The summed E-state index contributed by atoms with van der Waals surface area (Å²) >= 11 is 0. The minimum absolute atomic E-state index is 0.113. The number of nitrogens with one attached hydrogen (secondary N) is 1. The third kappa shape index (κ3) is 5.12. The van der Waals surface area contributed by atoms with Crippen molar-refractivity contribution in [2.45, 2.75) is 65.0 Å². The van der Waals surface area contributed by atoms with Gasteiger partial charge >= 0.3 is 11.9 Å². The fourth-order valence-electron chi connectivity index (χ4n) is 3.20. The van der Waals surface area contributed by atoms with Gasteiger partial charge in [-0.2, -0.15) is 0 Å². The van der Waals surface area contributed by atoms with Crippen molar-refractivity contribution in [3.63, 3.8) is 0 Å². The Morgan fingerprint density at radius 3 is 2.40 bits per heavy atom. The van der Waals surface area contributed by atoms with E-state index in [0.717, 1.165) is 12.8 Å². The summed E-state index contributed by atoms with van der Waals surface area (Å²) in [6.45, 7) is 6.53. The lowest BCUT2D eigenvalue weighted by molar-refractivity contribution is -0.141. The number of hydrogen-bond acceptors (Lipinski definition) is 3. The van der Waals surface area contributed by atoms with Gasteiger partial charge in [0.2, 0.25) is 0 Å². The molecular weight excluding hydrogens is 258 g/mol. The van der Waals surface area contributed by atoms with Gasteiger partial charge < -0.3 is 15.5 Å². The van der Waals surface area contributed by atoms with Crippen LogP contribution in [0.1, 0.15) is 52.9 Å². The summed E-state index contributed by atoms with van der Waals surface area (Å²) < 4.78 is 0. The molecule has 1 fully saturated rings. The molecule has 5 nitrogen and oxygen atoms in total. The van der Waals surface area contributed by atoms with Gasteiger partial charge in [0.1, 0.15) is 6.04 Å². The maximum Gasteiger partial charge on any atom is 0.320 e. The largest absolute Gasteiger partial charge is 0.481 e. The van der Waals surface area contributed by atoms with Crippen molar-refractivity contribution in [3.8, 4) is 0 Å². The Morgan fingerprint density at radius 1 is 1.25 bits per heavy atom. The highest BCUT2D eigenvalue weighted by molar-refractivity contribution is 5.75. The molecule has 3 N–H and O–H groups in total. The lowest BCUT2D eigenvalue weighted by atomic mass is 9.73. The van der Waals surface area contributed by atoms with Gasteiger partial charge in [-0.15, -0.1) is 0 Å². The van der Waals surface area contributed by atoms with Crippen LogP contribution in [-0.4, -0.2) is 34.2 Å². The third-order valence-corrected chi connectivity index (χ3v) is 4.38. The van der Waals surface area contributed by atoms with E-state index in [4.69, 9.17) is 5.11 Å². The Balaban J connectivity index is 2.67. The van der Waals surface area contributed by atoms with Crippen LogP contribution in [0.5, 0.6) is 0 Å². The second kappa shape index (κ2) is 7.62. The van der Waals surface area contributed by atoms with Gasteiger partial charge in [-0.3, -0.25) is 9.59 Å². The first-order valence-electron chi connectivity index (χ1n) is 7.51. The fourth-order valence-corrected chi connectivity index (χ4v) is 3.20. The van der Waals surface area contributed by atoms with Crippen LogP contribution in [0.4, 0.5) is 0 Å². The third-order valence-electron chi connectivity index (χ3n) is 4.38. The lowest BCUT2D eigenvalue weighted by Gasteiger charge is -2.39. The van der Waals surface area contributed by atoms with Gasteiger partial charge in [-0.1, -0.05) is 27.2 Å². The Labute approximate surface area is 120 Å². The summed E-state index contributed by atoms with van der Waals surface area (Å²) in [7, 11) is 0. The van der Waals surface area contributed by atoms with Crippen molar-refractivity contribution >= 4 is 11.9 Å². The highest BCUT2D eigenvalue weighted by Gasteiger charge is 2.33. The van der Waals surface area contributed by atoms with E-state index in [2.05, 4.69) is 26.1 Å². The van der Waals surface area contributed by atoms with Crippen LogP contribution >= 0.6 is 0 Å². The molecule has 4 atom stereocenters. The van der Waals surface area contributed by atoms with Crippen LogP contribution in [0.3, 0.4) is 0 Å². The molecule has 1 aliphatic rings. The molecule has 0 spiro atoms. The molecular formula is C15H27NO4. The van der Waals surface area contributed by atoms with Crippen molar-refractivity contribution in [2.75, 3.05) is 0 Å².